The maximum Gasteiger partial charge on any atom is 0.414 e. The monoisotopic (exact) mass is 578 g/mol. The van der Waals surface area contributed by atoms with Gasteiger partial charge in [-0.15, -0.1) is 0 Å². The molecule has 0 bridgehead atoms. The van der Waals surface area contributed by atoms with Gasteiger partial charge in [-0.3, -0.25) is 19.1 Å². The maximum absolute atomic E-state index is 14.1. The minimum absolute atomic E-state index is 0.0570. The van der Waals surface area contributed by atoms with Gasteiger partial charge in [-0.2, -0.15) is 0 Å². The van der Waals surface area contributed by atoms with Crippen LogP contribution in [-0.4, -0.2) is 61.1 Å². The molecule has 0 radical (unpaired) electrons. The zero-order valence-corrected chi connectivity index (χ0v) is 23.0. The second-order valence-corrected chi connectivity index (χ2v) is 10.5. The Bertz CT molecular complexity index is 1540. The van der Waals surface area contributed by atoms with E-state index in [1.165, 1.54) is 23.1 Å². The van der Waals surface area contributed by atoms with E-state index in [2.05, 4.69) is 5.32 Å². The first-order chi connectivity index (χ1) is 20.4. The molecule has 42 heavy (non-hydrogen) atoms. The van der Waals surface area contributed by atoms with Gasteiger partial charge in [0.25, 0.3) is 11.5 Å². The third kappa shape index (κ3) is 5.47. The van der Waals surface area contributed by atoms with Crippen LogP contribution in [0.15, 0.2) is 53.3 Å². The normalized spacial score (nSPS) is 17.8. The van der Waals surface area contributed by atoms with Crippen molar-refractivity contribution in [1.82, 2.24) is 14.9 Å². The molecule has 1 N–H and O–H groups in total. The number of carbonyl (C=O) groups excluding carboxylic acids is 2. The Morgan fingerprint density at radius 1 is 1.02 bits per heavy atom. The van der Waals surface area contributed by atoms with Crippen molar-refractivity contribution in [2.45, 2.75) is 38.0 Å². The van der Waals surface area contributed by atoms with E-state index in [0.717, 1.165) is 5.56 Å². The van der Waals surface area contributed by atoms with Crippen LogP contribution in [0.5, 0.6) is 5.75 Å². The van der Waals surface area contributed by atoms with Crippen LogP contribution in [0.4, 0.5) is 14.9 Å². The van der Waals surface area contributed by atoms with Crippen LogP contribution >= 0.6 is 0 Å². The van der Waals surface area contributed by atoms with Gasteiger partial charge in [0.15, 0.2) is 5.69 Å². The molecule has 2 saturated heterocycles. The second kappa shape index (κ2) is 11.9. The summed E-state index contributed by atoms with van der Waals surface area (Å²) in [6, 6.07) is 13.3. The lowest BCUT2D eigenvalue weighted by molar-refractivity contribution is 0.00412. The summed E-state index contributed by atoms with van der Waals surface area (Å²) in [5.74, 6) is -0.842. The first-order valence-corrected chi connectivity index (χ1v) is 13.9. The van der Waals surface area contributed by atoms with E-state index in [0.29, 0.717) is 56.3 Å². The van der Waals surface area contributed by atoms with Crippen molar-refractivity contribution < 1.29 is 32.9 Å². The summed E-state index contributed by atoms with van der Waals surface area (Å²) in [6.45, 7) is 2.38. The van der Waals surface area contributed by atoms with Crippen molar-refractivity contribution in [3.63, 3.8) is 0 Å². The van der Waals surface area contributed by atoms with Crippen LogP contribution < -0.4 is 20.5 Å². The summed E-state index contributed by atoms with van der Waals surface area (Å²) in [5.41, 5.74) is 0.434. The number of hydrogen-bond acceptors (Lipinski definition) is 8. The zero-order chi connectivity index (χ0) is 29.1. The number of fused-ring (bicyclic) bond motifs is 2. The van der Waals surface area contributed by atoms with Gasteiger partial charge in [0.2, 0.25) is 5.75 Å². The quantitative estimate of drug-likeness (QED) is 0.455. The number of hydrogen-bond donors (Lipinski definition) is 1. The van der Waals surface area contributed by atoms with Crippen LogP contribution in [0, 0.1) is 5.82 Å². The van der Waals surface area contributed by atoms with Crippen LogP contribution in [0.25, 0.3) is 0 Å². The Hall–Kier alpha value is -4.29. The molecule has 11 nitrogen and oxygen atoms in total. The Kier molecular flexibility index (Phi) is 7.90. The molecule has 0 atom stereocenters. The number of nitrogens with one attached hydrogen (secondary N) is 1. The Labute approximate surface area is 241 Å². The third-order valence-electron chi connectivity index (χ3n) is 7.87. The highest BCUT2D eigenvalue weighted by molar-refractivity contribution is 5.95. The molecule has 3 aliphatic heterocycles. The molecule has 4 heterocycles. The van der Waals surface area contributed by atoms with Crippen LogP contribution in [0.2, 0.25) is 0 Å². The van der Waals surface area contributed by atoms with Gasteiger partial charge in [0.05, 0.1) is 37.4 Å². The summed E-state index contributed by atoms with van der Waals surface area (Å²) in [7, 11) is 0. The van der Waals surface area contributed by atoms with Crippen LogP contribution in [0.1, 0.15) is 40.3 Å². The fourth-order valence-corrected chi connectivity index (χ4v) is 5.59. The molecule has 0 unspecified atom stereocenters. The average molecular weight is 579 g/mol. The minimum Gasteiger partial charge on any atom is -0.481 e. The summed E-state index contributed by atoms with van der Waals surface area (Å²) >= 11 is 0. The lowest BCUT2D eigenvalue weighted by Crippen LogP contribution is -2.43. The summed E-state index contributed by atoms with van der Waals surface area (Å²) in [5, 5.41) is 2.81. The lowest BCUT2D eigenvalue weighted by atomic mass is 9.80. The highest BCUT2D eigenvalue weighted by Gasteiger charge is 2.42. The van der Waals surface area contributed by atoms with Crippen molar-refractivity contribution in [2.24, 2.45) is 0 Å². The fourth-order valence-electron chi connectivity index (χ4n) is 5.59. The Morgan fingerprint density at radius 2 is 1.83 bits per heavy atom. The Morgan fingerprint density at radius 3 is 2.60 bits per heavy atom. The van der Waals surface area contributed by atoms with Gasteiger partial charge in [-0.1, -0.05) is 36.4 Å². The number of ether oxygens (including phenoxy) is 4. The van der Waals surface area contributed by atoms with Gasteiger partial charge in [0, 0.05) is 19.8 Å². The predicted octanol–water partition coefficient (Wildman–Crippen LogP) is 2.93. The van der Waals surface area contributed by atoms with E-state index in [9.17, 15) is 18.8 Å². The van der Waals surface area contributed by atoms with Crippen molar-refractivity contribution in [1.29, 1.82) is 0 Å². The summed E-state index contributed by atoms with van der Waals surface area (Å²) in [6.07, 6.45) is 0.597. The minimum atomic E-state index is -0.634. The Balaban J connectivity index is 1.36. The number of rotatable bonds is 7. The molecular weight excluding hydrogens is 547 g/mol. The van der Waals surface area contributed by atoms with E-state index in [1.807, 2.05) is 30.3 Å². The molecule has 220 valence electrons. The van der Waals surface area contributed by atoms with E-state index in [1.54, 1.807) is 4.57 Å². The first kappa shape index (κ1) is 27.9. The highest BCUT2D eigenvalue weighted by Crippen LogP contribution is 2.36. The number of benzene rings is 2. The highest BCUT2D eigenvalue weighted by atomic mass is 19.1. The number of nitrogens with zero attached hydrogens (tertiary/aromatic N) is 3. The molecule has 3 aliphatic rings. The predicted molar refractivity (Wildman–Crippen MR) is 148 cm³/mol. The molecule has 2 aromatic carbocycles. The molecular formula is C30H31FN4O7. The number of halogens is 1. The molecule has 2 fully saturated rings. The largest absolute Gasteiger partial charge is 0.481 e. The molecule has 2 amide bonds. The van der Waals surface area contributed by atoms with Crippen LogP contribution in [-0.2, 0) is 39.3 Å². The zero-order valence-electron chi connectivity index (χ0n) is 23.0. The van der Waals surface area contributed by atoms with Gasteiger partial charge in [0.1, 0.15) is 24.9 Å². The van der Waals surface area contributed by atoms with E-state index >= 15 is 0 Å². The number of aromatic nitrogens is 2. The smallest absolute Gasteiger partial charge is 0.414 e. The molecule has 3 aromatic rings. The van der Waals surface area contributed by atoms with Crippen molar-refractivity contribution in [2.75, 3.05) is 44.5 Å². The fraction of sp³-hybridized carbons (Fsp3) is 0.400. The summed E-state index contributed by atoms with van der Waals surface area (Å²) in [4.78, 5) is 46.0. The van der Waals surface area contributed by atoms with Gasteiger partial charge in [-0.05, 0) is 36.1 Å². The number of amides is 2. The van der Waals surface area contributed by atoms with Crippen LogP contribution in [0.3, 0.4) is 0 Å². The second-order valence-electron chi connectivity index (χ2n) is 10.5. The summed E-state index contributed by atoms with van der Waals surface area (Å²) < 4.78 is 38.2. The number of cyclic esters (lactones) is 1. The van der Waals surface area contributed by atoms with Gasteiger partial charge < -0.3 is 24.3 Å². The molecule has 12 heteroatoms. The molecule has 0 saturated carbocycles. The average Bonchev–Trinajstić information content (AvgIpc) is 3.36. The standard InChI is InChI=1S/C30H31FN4O7/c31-22-7-6-21(23(16-22)34-11-15-41-29(34)38)17-32-26(36)24-25(42-18-20-4-2-1-3-5-20)27(37)35-10-14-40-19-30(28(35)33-24)8-12-39-13-9-30/h1-7,16H,8-15,17-19H2,(H,32,36). The van der Waals surface area contributed by atoms with E-state index < -0.39 is 28.8 Å². The van der Waals surface area contributed by atoms with Crippen molar-refractivity contribution >= 4 is 17.7 Å². The van der Waals surface area contributed by atoms with Gasteiger partial charge in [-0.25, -0.2) is 14.2 Å². The van der Waals surface area contributed by atoms with Crippen molar-refractivity contribution in [3.8, 4) is 5.75 Å². The van der Waals surface area contributed by atoms with E-state index in [4.69, 9.17) is 23.9 Å². The SMILES string of the molecule is O=C(NCc1ccc(F)cc1N1CCOC1=O)c1nc2n(c(=O)c1OCc1ccccc1)CCOCC21CCOCC1. The van der Waals surface area contributed by atoms with E-state index in [-0.39, 0.29) is 44.3 Å². The number of anilines is 1. The molecule has 6 rings (SSSR count). The molecule has 1 spiro atoms. The topological polar surface area (TPSA) is 121 Å². The lowest BCUT2D eigenvalue weighted by Gasteiger charge is -2.36. The van der Waals surface area contributed by atoms with Gasteiger partial charge >= 0.3 is 6.09 Å². The maximum atomic E-state index is 14.1. The third-order valence-corrected chi connectivity index (χ3v) is 7.87. The molecule has 0 aliphatic carbocycles. The first-order valence-electron chi connectivity index (χ1n) is 13.9. The van der Waals surface area contributed by atoms with Crippen molar-refractivity contribution in [3.05, 3.63) is 87.3 Å². The number of carbonyl (C=O) groups is 2. The molecule has 1 aromatic heterocycles.